The molecule has 2 heterocycles. The van der Waals surface area contributed by atoms with Gasteiger partial charge in [0.2, 0.25) is 10.0 Å². The van der Waals surface area contributed by atoms with Crippen LogP contribution in [0.1, 0.15) is 36.0 Å². The van der Waals surface area contributed by atoms with Gasteiger partial charge in [-0.2, -0.15) is 4.31 Å². The summed E-state index contributed by atoms with van der Waals surface area (Å²) in [5, 5.41) is 9.61. The van der Waals surface area contributed by atoms with Crippen LogP contribution >= 0.6 is 11.6 Å². The molecule has 0 radical (unpaired) electrons. The van der Waals surface area contributed by atoms with E-state index < -0.39 is 10.0 Å². The molecule has 0 bridgehead atoms. The quantitative estimate of drug-likeness (QED) is 0.728. The number of phenolic OH excluding ortho intramolecular Hbond substituents is 1. The van der Waals surface area contributed by atoms with E-state index in [-0.39, 0.29) is 21.6 Å². The number of anilines is 1. The maximum atomic E-state index is 13.2. The second kappa shape index (κ2) is 9.68. The zero-order valence-corrected chi connectivity index (χ0v) is 19.5. The van der Waals surface area contributed by atoms with Crippen molar-refractivity contribution < 1.29 is 18.3 Å². The SMILES string of the molecule is O=C(c1ccc(Cl)c(S(=O)(=O)N2CCCCCC2)c1)N1CCN(c2ccc(O)cc2)CC1. The summed E-state index contributed by atoms with van der Waals surface area (Å²) in [5.41, 5.74) is 1.33. The molecule has 2 aliphatic rings. The van der Waals surface area contributed by atoms with Crippen molar-refractivity contribution in [2.45, 2.75) is 30.6 Å². The van der Waals surface area contributed by atoms with E-state index in [4.69, 9.17) is 11.6 Å². The van der Waals surface area contributed by atoms with Crippen molar-refractivity contribution in [2.24, 2.45) is 0 Å². The molecule has 0 aromatic heterocycles. The van der Waals surface area contributed by atoms with E-state index in [9.17, 15) is 18.3 Å². The number of hydrogen-bond acceptors (Lipinski definition) is 5. The molecule has 2 saturated heterocycles. The predicted molar refractivity (Wildman–Crippen MR) is 125 cm³/mol. The summed E-state index contributed by atoms with van der Waals surface area (Å²) in [4.78, 5) is 17.0. The van der Waals surface area contributed by atoms with Crippen molar-refractivity contribution in [2.75, 3.05) is 44.2 Å². The number of carbonyl (C=O) groups excluding carboxylic acids is 1. The van der Waals surface area contributed by atoms with Crippen LogP contribution in [-0.2, 0) is 10.0 Å². The third-order valence-corrected chi connectivity index (χ3v) is 8.52. The Morgan fingerprint density at radius 1 is 0.844 bits per heavy atom. The number of aromatic hydroxyl groups is 1. The molecule has 0 atom stereocenters. The van der Waals surface area contributed by atoms with Crippen LogP contribution in [0.5, 0.6) is 5.75 Å². The first-order chi connectivity index (χ1) is 15.4. The molecule has 4 rings (SSSR count). The Labute approximate surface area is 194 Å². The van der Waals surface area contributed by atoms with Gasteiger partial charge in [0.25, 0.3) is 5.91 Å². The summed E-state index contributed by atoms with van der Waals surface area (Å²) < 4.78 is 27.9. The van der Waals surface area contributed by atoms with Crippen molar-refractivity contribution in [3.8, 4) is 5.75 Å². The first-order valence-corrected chi connectivity index (χ1v) is 12.8. The molecule has 2 aliphatic heterocycles. The minimum Gasteiger partial charge on any atom is -0.508 e. The maximum absolute atomic E-state index is 13.2. The monoisotopic (exact) mass is 477 g/mol. The fourth-order valence-electron chi connectivity index (χ4n) is 4.27. The van der Waals surface area contributed by atoms with Crippen molar-refractivity contribution in [3.05, 3.63) is 53.1 Å². The molecule has 2 aromatic carbocycles. The fourth-order valence-corrected chi connectivity index (χ4v) is 6.29. The van der Waals surface area contributed by atoms with Crippen LogP contribution in [-0.4, -0.2) is 67.9 Å². The highest BCUT2D eigenvalue weighted by molar-refractivity contribution is 7.89. The Morgan fingerprint density at radius 2 is 1.47 bits per heavy atom. The second-order valence-corrected chi connectivity index (χ2v) is 10.6. The lowest BCUT2D eigenvalue weighted by Crippen LogP contribution is -2.48. The van der Waals surface area contributed by atoms with Gasteiger partial charge in [0.15, 0.2) is 0 Å². The molecule has 172 valence electrons. The van der Waals surface area contributed by atoms with Gasteiger partial charge in [-0.25, -0.2) is 8.42 Å². The van der Waals surface area contributed by atoms with Crippen molar-refractivity contribution in [1.29, 1.82) is 0 Å². The molecule has 1 amide bonds. The highest BCUT2D eigenvalue weighted by atomic mass is 35.5. The van der Waals surface area contributed by atoms with Gasteiger partial charge in [0.1, 0.15) is 10.6 Å². The van der Waals surface area contributed by atoms with Gasteiger partial charge in [0.05, 0.1) is 5.02 Å². The van der Waals surface area contributed by atoms with Gasteiger partial charge in [-0.3, -0.25) is 4.79 Å². The van der Waals surface area contributed by atoms with E-state index in [1.807, 2.05) is 12.1 Å². The van der Waals surface area contributed by atoms with Gasteiger partial charge in [-0.05, 0) is 55.3 Å². The van der Waals surface area contributed by atoms with Crippen LogP contribution < -0.4 is 4.90 Å². The topological polar surface area (TPSA) is 81.2 Å². The van der Waals surface area contributed by atoms with Gasteiger partial charge in [0, 0.05) is 50.5 Å². The predicted octanol–water partition coefficient (Wildman–Crippen LogP) is 3.57. The number of halogens is 1. The van der Waals surface area contributed by atoms with Crippen LogP contribution in [0.4, 0.5) is 5.69 Å². The standard InChI is InChI=1S/C23H28ClN3O4S/c24-21-10-5-18(17-22(21)32(30,31)27-11-3-1-2-4-12-27)23(29)26-15-13-25(14-16-26)19-6-8-20(28)9-7-19/h5-10,17,28H,1-4,11-16H2. The van der Waals surface area contributed by atoms with E-state index in [2.05, 4.69) is 4.90 Å². The van der Waals surface area contributed by atoms with Crippen LogP contribution in [0.2, 0.25) is 5.02 Å². The Morgan fingerprint density at radius 3 is 2.09 bits per heavy atom. The first kappa shape index (κ1) is 22.9. The molecule has 0 saturated carbocycles. The van der Waals surface area contributed by atoms with Crippen LogP contribution in [0.25, 0.3) is 0 Å². The second-order valence-electron chi connectivity index (χ2n) is 8.26. The smallest absolute Gasteiger partial charge is 0.254 e. The van der Waals surface area contributed by atoms with Gasteiger partial charge < -0.3 is 14.9 Å². The number of benzene rings is 2. The minimum atomic E-state index is -3.75. The van der Waals surface area contributed by atoms with E-state index in [0.29, 0.717) is 44.8 Å². The van der Waals surface area contributed by atoms with Crippen molar-refractivity contribution in [1.82, 2.24) is 9.21 Å². The highest BCUT2D eigenvalue weighted by Gasteiger charge is 2.29. The van der Waals surface area contributed by atoms with E-state index in [1.54, 1.807) is 23.1 Å². The lowest BCUT2D eigenvalue weighted by molar-refractivity contribution is 0.0746. The van der Waals surface area contributed by atoms with Crippen molar-refractivity contribution in [3.63, 3.8) is 0 Å². The summed E-state index contributed by atoms with van der Waals surface area (Å²) in [6.07, 6.45) is 3.71. The first-order valence-electron chi connectivity index (χ1n) is 11.0. The van der Waals surface area contributed by atoms with E-state index in [1.165, 1.54) is 16.4 Å². The number of rotatable bonds is 4. The number of phenols is 1. The zero-order valence-electron chi connectivity index (χ0n) is 17.9. The molecule has 0 aliphatic carbocycles. The molecule has 0 unspecified atom stereocenters. The average Bonchev–Trinajstić information content (AvgIpc) is 3.10. The summed E-state index contributed by atoms with van der Waals surface area (Å²) in [6.45, 7) is 3.32. The fraction of sp³-hybridized carbons (Fsp3) is 0.435. The molecule has 1 N–H and O–H groups in total. The zero-order chi connectivity index (χ0) is 22.7. The molecular formula is C23H28ClN3O4S. The Kier molecular flexibility index (Phi) is 6.93. The number of carbonyl (C=O) groups is 1. The van der Waals surface area contributed by atoms with Crippen LogP contribution in [0, 0.1) is 0 Å². The van der Waals surface area contributed by atoms with Gasteiger partial charge in [-0.1, -0.05) is 24.4 Å². The number of piperazine rings is 1. The molecule has 2 fully saturated rings. The number of nitrogens with zero attached hydrogens (tertiary/aromatic N) is 3. The Bertz CT molecular complexity index is 1060. The third kappa shape index (κ3) is 4.87. The minimum absolute atomic E-state index is 0.00893. The number of amides is 1. The highest BCUT2D eigenvalue weighted by Crippen LogP contribution is 2.28. The summed E-state index contributed by atoms with van der Waals surface area (Å²) in [7, 11) is -3.75. The lowest BCUT2D eigenvalue weighted by atomic mass is 10.1. The van der Waals surface area contributed by atoms with E-state index in [0.717, 1.165) is 31.4 Å². The average molecular weight is 478 g/mol. The van der Waals surface area contributed by atoms with Crippen LogP contribution in [0.15, 0.2) is 47.4 Å². The third-order valence-electron chi connectivity index (χ3n) is 6.14. The maximum Gasteiger partial charge on any atom is 0.254 e. The van der Waals surface area contributed by atoms with Gasteiger partial charge in [-0.15, -0.1) is 0 Å². The molecule has 7 nitrogen and oxygen atoms in total. The van der Waals surface area contributed by atoms with Crippen LogP contribution in [0.3, 0.4) is 0 Å². The molecule has 2 aromatic rings. The summed E-state index contributed by atoms with van der Waals surface area (Å²) in [6, 6.07) is 11.5. The molecule has 9 heteroatoms. The van der Waals surface area contributed by atoms with E-state index >= 15 is 0 Å². The van der Waals surface area contributed by atoms with Crippen molar-refractivity contribution >= 4 is 33.2 Å². The number of sulfonamides is 1. The van der Waals surface area contributed by atoms with Gasteiger partial charge >= 0.3 is 0 Å². The molecule has 32 heavy (non-hydrogen) atoms. The Balaban J connectivity index is 1.48. The largest absolute Gasteiger partial charge is 0.508 e. The summed E-state index contributed by atoms with van der Waals surface area (Å²) in [5.74, 6) is 0.0237. The molecule has 0 spiro atoms. The normalized spacial score (nSPS) is 18.4. The lowest BCUT2D eigenvalue weighted by Gasteiger charge is -2.36. The Hall–Kier alpha value is -2.29. The summed E-state index contributed by atoms with van der Waals surface area (Å²) >= 11 is 6.27. The molecular weight excluding hydrogens is 450 g/mol. The number of hydrogen-bond donors (Lipinski definition) is 1.